The first-order chi connectivity index (χ1) is 8.20. The number of hydrogen-bond acceptors (Lipinski definition) is 6. The molecule has 0 spiro atoms. The summed E-state index contributed by atoms with van der Waals surface area (Å²) >= 11 is 0. The maximum absolute atomic E-state index is 5.65. The predicted octanol–water partition coefficient (Wildman–Crippen LogP) is 1.55. The second kappa shape index (κ2) is 4.92. The summed E-state index contributed by atoms with van der Waals surface area (Å²) in [5.41, 5.74) is 6.44. The molecule has 2 N–H and O–H groups in total. The van der Waals surface area contributed by atoms with E-state index in [0.717, 1.165) is 5.56 Å². The van der Waals surface area contributed by atoms with E-state index in [1.165, 1.54) is 0 Å². The minimum absolute atomic E-state index is 0.274. The molecule has 2 aromatic heterocycles. The van der Waals surface area contributed by atoms with Gasteiger partial charge in [-0.15, -0.1) is 0 Å². The van der Waals surface area contributed by atoms with Crippen molar-refractivity contribution in [2.45, 2.75) is 19.9 Å². The maximum atomic E-state index is 5.65. The van der Waals surface area contributed by atoms with E-state index in [0.29, 0.717) is 24.2 Å². The zero-order chi connectivity index (χ0) is 12.3. The second-order valence-corrected chi connectivity index (χ2v) is 3.56. The van der Waals surface area contributed by atoms with Crippen molar-refractivity contribution in [1.29, 1.82) is 0 Å². The highest BCUT2D eigenvalue weighted by molar-refractivity contribution is 5.55. The molecule has 2 rings (SSSR count). The van der Waals surface area contributed by atoms with Crippen LogP contribution in [0.5, 0.6) is 5.88 Å². The van der Waals surface area contributed by atoms with Gasteiger partial charge in [0.05, 0.1) is 12.6 Å². The molecule has 0 amide bonds. The molecule has 1 atom stereocenters. The van der Waals surface area contributed by atoms with Crippen molar-refractivity contribution in [3.8, 4) is 17.3 Å². The lowest BCUT2D eigenvalue weighted by atomic mass is 10.2. The van der Waals surface area contributed by atoms with Gasteiger partial charge in [-0.05, 0) is 19.9 Å². The zero-order valence-corrected chi connectivity index (χ0v) is 9.75. The molecule has 6 nitrogen and oxygen atoms in total. The third-order valence-electron chi connectivity index (χ3n) is 2.12. The molecule has 2 aromatic rings. The lowest BCUT2D eigenvalue weighted by Crippen LogP contribution is -2.04. The summed E-state index contributed by atoms with van der Waals surface area (Å²) in [5.74, 6) is 1.44. The Hall–Kier alpha value is -1.95. The highest BCUT2D eigenvalue weighted by atomic mass is 16.5. The third kappa shape index (κ3) is 2.59. The van der Waals surface area contributed by atoms with Crippen molar-refractivity contribution >= 4 is 0 Å². The van der Waals surface area contributed by atoms with E-state index in [-0.39, 0.29) is 6.04 Å². The first-order valence-corrected chi connectivity index (χ1v) is 5.39. The predicted molar refractivity (Wildman–Crippen MR) is 61.3 cm³/mol. The largest absolute Gasteiger partial charge is 0.478 e. The average Bonchev–Trinajstić information content (AvgIpc) is 2.79. The molecule has 17 heavy (non-hydrogen) atoms. The monoisotopic (exact) mass is 234 g/mol. The van der Waals surface area contributed by atoms with Gasteiger partial charge in [0.25, 0.3) is 0 Å². The van der Waals surface area contributed by atoms with Crippen molar-refractivity contribution in [2.24, 2.45) is 5.73 Å². The molecule has 1 unspecified atom stereocenters. The Kier molecular flexibility index (Phi) is 3.34. The van der Waals surface area contributed by atoms with Crippen molar-refractivity contribution in [3.63, 3.8) is 0 Å². The molecule has 6 heteroatoms. The molecular weight excluding hydrogens is 220 g/mol. The zero-order valence-electron chi connectivity index (χ0n) is 9.75. The van der Waals surface area contributed by atoms with Crippen LogP contribution in [0.4, 0.5) is 0 Å². The minimum atomic E-state index is -0.274. The van der Waals surface area contributed by atoms with Crippen molar-refractivity contribution in [1.82, 2.24) is 15.1 Å². The number of rotatable bonds is 4. The summed E-state index contributed by atoms with van der Waals surface area (Å²) < 4.78 is 10.3. The van der Waals surface area contributed by atoms with Crippen molar-refractivity contribution in [2.75, 3.05) is 6.61 Å². The topological polar surface area (TPSA) is 87.1 Å². The fraction of sp³-hybridized carbons (Fsp3) is 0.364. The Balaban J connectivity index is 2.28. The van der Waals surface area contributed by atoms with Crippen LogP contribution in [0, 0.1) is 0 Å². The van der Waals surface area contributed by atoms with E-state index >= 15 is 0 Å². The van der Waals surface area contributed by atoms with Gasteiger partial charge in [-0.1, -0.05) is 5.16 Å². The third-order valence-corrected chi connectivity index (χ3v) is 2.12. The van der Waals surface area contributed by atoms with Gasteiger partial charge >= 0.3 is 0 Å². The van der Waals surface area contributed by atoms with Gasteiger partial charge in [0.1, 0.15) is 0 Å². The number of aromatic nitrogens is 3. The summed E-state index contributed by atoms with van der Waals surface area (Å²) in [4.78, 5) is 8.26. The molecule has 2 heterocycles. The van der Waals surface area contributed by atoms with Crippen LogP contribution < -0.4 is 10.5 Å². The summed E-state index contributed by atoms with van der Waals surface area (Å²) in [6, 6.07) is 3.28. The Morgan fingerprint density at radius 2 is 2.35 bits per heavy atom. The van der Waals surface area contributed by atoms with E-state index in [9.17, 15) is 0 Å². The van der Waals surface area contributed by atoms with E-state index in [1.807, 2.05) is 6.92 Å². The summed E-state index contributed by atoms with van der Waals surface area (Å²) in [5, 5.41) is 3.86. The molecule has 0 aromatic carbocycles. The summed E-state index contributed by atoms with van der Waals surface area (Å²) in [6.45, 7) is 4.25. The Morgan fingerprint density at radius 1 is 1.53 bits per heavy atom. The van der Waals surface area contributed by atoms with Crippen LogP contribution in [-0.4, -0.2) is 21.7 Å². The summed E-state index contributed by atoms with van der Waals surface area (Å²) in [7, 11) is 0. The standard InChI is InChI=1S/C11H14N4O2/c1-3-16-9-6-8(4-5-13-9)10-14-11(7(2)12)17-15-10/h4-7H,3,12H2,1-2H3. The van der Waals surface area contributed by atoms with Crippen LogP contribution in [0.2, 0.25) is 0 Å². The van der Waals surface area contributed by atoms with Crippen LogP contribution in [0.1, 0.15) is 25.8 Å². The molecule has 0 saturated carbocycles. The molecule has 0 aliphatic heterocycles. The first kappa shape index (κ1) is 11.5. The number of nitrogens with zero attached hydrogens (tertiary/aromatic N) is 3. The second-order valence-electron chi connectivity index (χ2n) is 3.56. The Morgan fingerprint density at radius 3 is 3.00 bits per heavy atom. The van der Waals surface area contributed by atoms with Gasteiger partial charge in [-0.3, -0.25) is 0 Å². The van der Waals surface area contributed by atoms with Crippen LogP contribution in [0.25, 0.3) is 11.4 Å². The lowest BCUT2D eigenvalue weighted by molar-refractivity contribution is 0.327. The van der Waals surface area contributed by atoms with Crippen LogP contribution >= 0.6 is 0 Å². The SMILES string of the molecule is CCOc1cc(-c2noc(C(C)N)n2)ccn1. The normalized spacial score (nSPS) is 12.4. The maximum Gasteiger partial charge on any atom is 0.243 e. The highest BCUT2D eigenvalue weighted by Gasteiger charge is 2.12. The number of nitrogens with two attached hydrogens (primary N) is 1. The molecule has 0 radical (unpaired) electrons. The molecule has 90 valence electrons. The fourth-order valence-electron chi connectivity index (χ4n) is 1.31. The van der Waals surface area contributed by atoms with E-state index in [2.05, 4.69) is 15.1 Å². The van der Waals surface area contributed by atoms with E-state index in [1.54, 1.807) is 25.3 Å². The molecule has 0 saturated heterocycles. The molecule has 0 aliphatic rings. The van der Waals surface area contributed by atoms with Crippen molar-refractivity contribution < 1.29 is 9.26 Å². The summed E-state index contributed by atoms with van der Waals surface area (Å²) in [6.07, 6.45) is 1.64. The highest BCUT2D eigenvalue weighted by Crippen LogP contribution is 2.20. The van der Waals surface area contributed by atoms with Crippen LogP contribution in [0.3, 0.4) is 0 Å². The average molecular weight is 234 g/mol. The fourth-order valence-corrected chi connectivity index (χ4v) is 1.31. The molecule has 0 fully saturated rings. The molecular formula is C11H14N4O2. The minimum Gasteiger partial charge on any atom is -0.478 e. The van der Waals surface area contributed by atoms with E-state index < -0.39 is 0 Å². The van der Waals surface area contributed by atoms with Gasteiger partial charge in [0.15, 0.2) is 0 Å². The van der Waals surface area contributed by atoms with Crippen LogP contribution in [0.15, 0.2) is 22.9 Å². The van der Waals surface area contributed by atoms with Crippen LogP contribution in [-0.2, 0) is 0 Å². The molecule has 0 bridgehead atoms. The number of hydrogen-bond donors (Lipinski definition) is 1. The van der Waals surface area contributed by atoms with Gasteiger partial charge < -0.3 is 15.0 Å². The number of ether oxygens (including phenoxy) is 1. The first-order valence-electron chi connectivity index (χ1n) is 5.39. The number of pyridine rings is 1. The Bertz CT molecular complexity index is 496. The van der Waals surface area contributed by atoms with Gasteiger partial charge in [0, 0.05) is 17.8 Å². The lowest BCUT2D eigenvalue weighted by Gasteiger charge is -2.01. The van der Waals surface area contributed by atoms with Crippen molar-refractivity contribution in [3.05, 3.63) is 24.2 Å². The van der Waals surface area contributed by atoms with Gasteiger partial charge in [0.2, 0.25) is 17.6 Å². The quantitative estimate of drug-likeness (QED) is 0.863. The van der Waals surface area contributed by atoms with Gasteiger partial charge in [-0.25, -0.2) is 4.98 Å². The smallest absolute Gasteiger partial charge is 0.243 e. The molecule has 0 aliphatic carbocycles. The Labute approximate surface area is 98.8 Å². The van der Waals surface area contributed by atoms with Gasteiger partial charge in [-0.2, -0.15) is 4.98 Å². The van der Waals surface area contributed by atoms with E-state index in [4.69, 9.17) is 15.0 Å².